The van der Waals surface area contributed by atoms with Crippen molar-refractivity contribution < 1.29 is 0 Å². The van der Waals surface area contributed by atoms with Crippen LogP contribution in [0.3, 0.4) is 0 Å². The van der Waals surface area contributed by atoms with Crippen molar-refractivity contribution in [1.82, 2.24) is 9.97 Å². The molecule has 0 bridgehead atoms. The lowest BCUT2D eigenvalue weighted by molar-refractivity contribution is 0.828. The van der Waals surface area contributed by atoms with Gasteiger partial charge in [-0.2, -0.15) is 0 Å². The molecule has 1 aromatic rings. The first kappa shape index (κ1) is 8.97. The summed E-state index contributed by atoms with van der Waals surface area (Å²) in [4.78, 5) is 8.87. The number of rotatable bonds is 3. The fourth-order valence-corrected chi connectivity index (χ4v) is 1.66. The lowest BCUT2D eigenvalue weighted by atomic mass is 10.3. The van der Waals surface area contributed by atoms with E-state index in [-0.39, 0.29) is 0 Å². The Morgan fingerprint density at radius 3 is 2.85 bits per heavy atom. The van der Waals surface area contributed by atoms with Gasteiger partial charge in [0, 0.05) is 12.5 Å². The normalized spacial score (nSPS) is 16.2. The van der Waals surface area contributed by atoms with E-state index >= 15 is 0 Å². The van der Waals surface area contributed by atoms with Gasteiger partial charge in [0.05, 0.1) is 10.7 Å². The van der Waals surface area contributed by atoms with Crippen molar-refractivity contribution in [1.29, 1.82) is 0 Å². The van der Waals surface area contributed by atoms with Gasteiger partial charge in [-0.1, -0.05) is 0 Å². The van der Waals surface area contributed by atoms with E-state index in [1.165, 1.54) is 12.8 Å². The van der Waals surface area contributed by atoms with E-state index in [0.717, 1.165) is 16.5 Å². The van der Waals surface area contributed by atoms with Crippen LogP contribution in [0.25, 0.3) is 0 Å². The highest BCUT2D eigenvalue weighted by atomic mass is 32.2. The van der Waals surface area contributed by atoms with Crippen LogP contribution in [0.5, 0.6) is 0 Å². The smallest absolute Gasteiger partial charge is 0.133 e. The summed E-state index contributed by atoms with van der Waals surface area (Å²) in [6, 6.07) is 1.97. The molecule has 1 aromatic heterocycles. The number of hydrogen-bond donors (Lipinski definition) is 1. The molecular weight excluding hydrogens is 182 g/mol. The van der Waals surface area contributed by atoms with E-state index in [1.54, 1.807) is 11.8 Å². The Bertz CT molecular complexity index is 287. The van der Waals surface area contributed by atoms with Gasteiger partial charge >= 0.3 is 0 Å². The molecule has 1 fully saturated rings. The zero-order valence-corrected chi connectivity index (χ0v) is 8.47. The molecule has 0 unspecified atom stereocenters. The van der Waals surface area contributed by atoms with Crippen molar-refractivity contribution in [2.75, 3.05) is 6.26 Å². The summed E-state index contributed by atoms with van der Waals surface area (Å²) in [6.07, 6.45) is 4.50. The molecule has 1 aliphatic rings. The van der Waals surface area contributed by atoms with Crippen LogP contribution in [-0.2, 0) is 6.54 Å². The highest BCUT2D eigenvalue weighted by molar-refractivity contribution is 7.98. The maximum Gasteiger partial charge on any atom is 0.133 e. The van der Waals surface area contributed by atoms with E-state index < -0.39 is 0 Å². The van der Waals surface area contributed by atoms with E-state index in [9.17, 15) is 0 Å². The van der Waals surface area contributed by atoms with Crippen LogP contribution in [-0.4, -0.2) is 16.2 Å². The summed E-state index contributed by atoms with van der Waals surface area (Å²) in [6.45, 7) is 0.510. The maximum atomic E-state index is 5.56. The Hall–Kier alpha value is -0.610. The Kier molecular flexibility index (Phi) is 2.51. The molecular formula is C9H13N3S. The number of hydrogen-bond acceptors (Lipinski definition) is 4. The minimum absolute atomic E-state index is 0.510. The number of aromatic nitrogens is 2. The van der Waals surface area contributed by atoms with E-state index in [4.69, 9.17) is 5.73 Å². The molecule has 1 heterocycles. The van der Waals surface area contributed by atoms with Gasteiger partial charge in [0.25, 0.3) is 0 Å². The van der Waals surface area contributed by atoms with E-state index in [0.29, 0.717) is 12.5 Å². The van der Waals surface area contributed by atoms with Gasteiger partial charge in [-0.3, -0.25) is 0 Å². The number of thioether (sulfide) groups is 1. The molecule has 2 rings (SSSR count). The molecule has 0 aliphatic heterocycles. The third-order valence-corrected chi connectivity index (χ3v) is 2.76. The topological polar surface area (TPSA) is 51.8 Å². The molecule has 13 heavy (non-hydrogen) atoms. The lowest BCUT2D eigenvalue weighted by Crippen LogP contribution is -2.04. The minimum atomic E-state index is 0.510. The van der Waals surface area contributed by atoms with Crippen molar-refractivity contribution in [2.24, 2.45) is 5.73 Å². The summed E-state index contributed by atoms with van der Waals surface area (Å²) in [5, 5.41) is 1.04. The van der Waals surface area contributed by atoms with Crippen LogP contribution >= 0.6 is 11.8 Å². The summed E-state index contributed by atoms with van der Waals surface area (Å²) >= 11 is 1.65. The lowest BCUT2D eigenvalue weighted by Gasteiger charge is -2.03. The molecule has 0 aromatic carbocycles. The van der Waals surface area contributed by atoms with E-state index in [2.05, 4.69) is 9.97 Å². The second kappa shape index (κ2) is 3.64. The Morgan fingerprint density at radius 1 is 1.54 bits per heavy atom. The summed E-state index contributed by atoms with van der Waals surface area (Å²) in [5.74, 6) is 1.60. The Labute approximate surface area is 82.2 Å². The van der Waals surface area contributed by atoms with Crippen molar-refractivity contribution in [3.05, 3.63) is 17.6 Å². The Morgan fingerprint density at radius 2 is 2.31 bits per heavy atom. The largest absolute Gasteiger partial charge is 0.325 e. The van der Waals surface area contributed by atoms with Gasteiger partial charge in [0.15, 0.2) is 0 Å². The summed E-state index contributed by atoms with van der Waals surface area (Å²) in [7, 11) is 0. The van der Waals surface area contributed by atoms with Gasteiger partial charge < -0.3 is 5.73 Å². The van der Waals surface area contributed by atoms with Crippen molar-refractivity contribution in [3.8, 4) is 0 Å². The number of nitrogens with two attached hydrogens (primary N) is 1. The first-order chi connectivity index (χ1) is 6.33. The van der Waals surface area contributed by atoms with Crippen LogP contribution in [0.15, 0.2) is 11.1 Å². The average molecular weight is 195 g/mol. The predicted molar refractivity (Wildman–Crippen MR) is 53.7 cm³/mol. The van der Waals surface area contributed by atoms with Crippen LogP contribution in [0.1, 0.15) is 30.3 Å². The van der Waals surface area contributed by atoms with Crippen molar-refractivity contribution in [3.63, 3.8) is 0 Å². The van der Waals surface area contributed by atoms with Crippen LogP contribution in [0.2, 0.25) is 0 Å². The van der Waals surface area contributed by atoms with Crippen LogP contribution in [0, 0.1) is 0 Å². The van der Waals surface area contributed by atoms with Gasteiger partial charge in [0.1, 0.15) is 5.82 Å². The average Bonchev–Trinajstić information content (AvgIpc) is 3.00. The molecule has 0 radical (unpaired) electrons. The molecule has 3 nitrogen and oxygen atoms in total. The van der Waals surface area contributed by atoms with Crippen LogP contribution in [0.4, 0.5) is 0 Å². The van der Waals surface area contributed by atoms with E-state index in [1.807, 2.05) is 12.3 Å². The number of nitrogens with zero attached hydrogens (tertiary/aromatic N) is 2. The highest BCUT2D eigenvalue weighted by Gasteiger charge is 2.27. The molecule has 70 valence electrons. The van der Waals surface area contributed by atoms with Gasteiger partial charge in [0.2, 0.25) is 0 Å². The molecule has 1 aliphatic carbocycles. The van der Waals surface area contributed by atoms with Crippen LogP contribution < -0.4 is 5.73 Å². The maximum absolute atomic E-state index is 5.56. The molecule has 2 N–H and O–H groups in total. The third kappa shape index (κ3) is 2.00. The highest BCUT2D eigenvalue weighted by Crippen LogP contribution is 2.38. The molecule has 1 saturated carbocycles. The Balaban J connectivity index is 2.33. The quantitative estimate of drug-likeness (QED) is 0.587. The summed E-state index contributed by atoms with van der Waals surface area (Å²) in [5.41, 5.74) is 6.52. The predicted octanol–water partition coefficient (Wildman–Crippen LogP) is 1.53. The molecule has 0 atom stereocenters. The minimum Gasteiger partial charge on any atom is -0.325 e. The van der Waals surface area contributed by atoms with Gasteiger partial charge in [-0.05, 0) is 25.2 Å². The fraction of sp³-hybridized carbons (Fsp3) is 0.556. The monoisotopic (exact) mass is 195 g/mol. The first-order valence-corrected chi connectivity index (χ1v) is 5.68. The zero-order chi connectivity index (χ0) is 9.26. The van der Waals surface area contributed by atoms with Gasteiger partial charge in [-0.25, -0.2) is 9.97 Å². The standard InChI is InChI=1S/C9H13N3S/c1-13-8-4-7(5-10)11-9(12-8)6-2-3-6/h4,6H,2-3,5,10H2,1H3. The zero-order valence-electron chi connectivity index (χ0n) is 7.66. The third-order valence-electron chi connectivity index (χ3n) is 2.13. The molecule has 0 amide bonds. The van der Waals surface area contributed by atoms with Gasteiger partial charge in [-0.15, -0.1) is 11.8 Å². The molecule has 0 saturated heterocycles. The van der Waals surface area contributed by atoms with Crippen molar-refractivity contribution >= 4 is 11.8 Å². The summed E-state index contributed by atoms with van der Waals surface area (Å²) < 4.78 is 0. The second-order valence-electron chi connectivity index (χ2n) is 3.24. The molecule has 4 heteroatoms. The molecule has 0 spiro atoms. The second-order valence-corrected chi connectivity index (χ2v) is 4.06. The first-order valence-electron chi connectivity index (χ1n) is 4.45. The SMILES string of the molecule is CSc1cc(CN)nc(C2CC2)n1. The fourth-order valence-electron chi connectivity index (χ4n) is 1.23. The van der Waals surface area contributed by atoms with Crippen molar-refractivity contribution in [2.45, 2.75) is 30.3 Å².